The molecule has 1 N–H and O–H groups in total. The maximum atomic E-state index is 11.6. The maximum Gasteiger partial charge on any atom is 0.211 e. The topological polar surface area (TPSA) is 59.1 Å². The SMILES string of the molecule is CCCCS(=O)(=O)NCCCc1nc2c(s1)CCCC2. The normalized spacial score (nSPS) is 15.2. The third-order valence-electron chi connectivity index (χ3n) is 3.55. The van der Waals surface area contributed by atoms with E-state index in [0.29, 0.717) is 6.54 Å². The summed E-state index contributed by atoms with van der Waals surface area (Å²) in [6.07, 6.45) is 8.19. The standard InChI is InChI=1S/C14H24N2O2S2/c1-2-3-11-20(17,18)15-10-6-9-14-16-12-7-4-5-8-13(12)19-14/h15H,2-11H2,1H3. The number of hydrogen-bond donors (Lipinski definition) is 1. The van der Waals surface area contributed by atoms with E-state index in [0.717, 1.165) is 32.1 Å². The lowest BCUT2D eigenvalue weighted by Crippen LogP contribution is -2.27. The average molecular weight is 316 g/mol. The lowest BCUT2D eigenvalue weighted by Gasteiger charge is -2.06. The Morgan fingerprint density at radius 3 is 2.80 bits per heavy atom. The number of unbranched alkanes of at least 4 members (excludes halogenated alkanes) is 1. The van der Waals surface area contributed by atoms with Crippen LogP contribution in [-0.4, -0.2) is 25.7 Å². The molecule has 0 saturated heterocycles. The van der Waals surface area contributed by atoms with Gasteiger partial charge in [0.1, 0.15) is 0 Å². The highest BCUT2D eigenvalue weighted by molar-refractivity contribution is 7.89. The van der Waals surface area contributed by atoms with E-state index in [1.54, 1.807) is 0 Å². The van der Waals surface area contributed by atoms with Crippen LogP contribution >= 0.6 is 11.3 Å². The predicted octanol–water partition coefficient (Wildman–Crippen LogP) is 2.67. The van der Waals surface area contributed by atoms with E-state index in [1.165, 1.54) is 34.8 Å². The molecular weight excluding hydrogens is 292 g/mol. The number of thiazole rings is 1. The highest BCUT2D eigenvalue weighted by Crippen LogP contribution is 2.27. The zero-order valence-electron chi connectivity index (χ0n) is 12.2. The van der Waals surface area contributed by atoms with Gasteiger partial charge >= 0.3 is 0 Å². The van der Waals surface area contributed by atoms with Crippen LogP contribution in [0.15, 0.2) is 0 Å². The zero-order valence-corrected chi connectivity index (χ0v) is 13.8. The van der Waals surface area contributed by atoms with Crippen molar-refractivity contribution in [3.8, 4) is 0 Å². The minimum Gasteiger partial charge on any atom is -0.246 e. The molecule has 0 aliphatic heterocycles. The minimum atomic E-state index is -3.07. The second kappa shape index (κ2) is 7.52. The van der Waals surface area contributed by atoms with Gasteiger partial charge in [-0.15, -0.1) is 11.3 Å². The molecule has 1 aliphatic carbocycles. The van der Waals surface area contributed by atoms with Crippen molar-refractivity contribution in [3.05, 3.63) is 15.6 Å². The Balaban J connectivity index is 1.72. The molecule has 1 heterocycles. The number of aryl methyl sites for hydroxylation is 3. The van der Waals surface area contributed by atoms with Crippen molar-refractivity contribution in [2.45, 2.75) is 58.3 Å². The summed E-state index contributed by atoms with van der Waals surface area (Å²) in [6, 6.07) is 0. The summed E-state index contributed by atoms with van der Waals surface area (Å²) >= 11 is 1.82. The fourth-order valence-corrected chi connectivity index (χ4v) is 4.85. The number of rotatable bonds is 8. The summed E-state index contributed by atoms with van der Waals surface area (Å²) in [6.45, 7) is 2.52. The molecule has 0 bridgehead atoms. The minimum absolute atomic E-state index is 0.245. The van der Waals surface area contributed by atoms with E-state index in [4.69, 9.17) is 0 Å². The van der Waals surface area contributed by atoms with Crippen molar-refractivity contribution >= 4 is 21.4 Å². The fraction of sp³-hybridized carbons (Fsp3) is 0.786. The van der Waals surface area contributed by atoms with Crippen LogP contribution in [0, 0.1) is 0 Å². The van der Waals surface area contributed by atoms with Crippen molar-refractivity contribution in [2.75, 3.05) is 12.3 Å². The number of nitrogens with zero attached hydrogens (tertiary/aromatic N) is 1. The monoisotopic (exact) mass is 316 g/mol. The van der Waals surface area contributed by atoms with Gasteiger partial charge in [0.25, 0.3) is 0 Å². The van der Waals surface area contributed by atoms with Crippen molar-refractivity contribution in [2.24, 2.45) is 0 Å². The van der Waals surface area contributed by atoms with Gasteiger partial charge in [-0.05, 0) is 38.5 Å². The van der Waals surface area contributed by atoms with Gasteiger partial charge in [0.15, 0.2) is 0 Å². The molecule has 114 valence electrons. The van der Waals surface area contributed by atoms with Gasteiger partial charge in [-0.1, -0.05) is 13.3 Å². The van der Waals surface area contributed by atoms with Crippen LogP contribution in [0.25, 0.3) is 0 Å². The lowest BCUT2D eigenvalue weighted by molar-refractivity contribution is 0.575. The molecule has 1 aliphatic rings. The smallest absolute Gasteiger partial charge is 0.211 e. The summed E-state index contributed by atoms with van der Waals surface area (Å²) in [5.41, 5.74) is 1.29. The van der Waals surface area contributed by atoms with E-state index >= 15 is 0 Å². The number of aromatic nitrogens is 1. The van der Waals surface area contributed by atoms with E-state index in [9.17, 15) is 8.42 Å². The predicted molar refractivity (Wildman–Crippen MR) is 83.8 cm³/mol. The molecule has 0 spiro atoms. The van der Waals surface area contributed by atoms with Gasteiger partial charge in [0.2, 0.25) is 10.0 Å². The molecular formula is C14H24N2O2S2. The van der Waals surface area contributed by atoms with Crippen LogP contribution in [-0.2, 0) is 29.3 Å². The van der Waals surface area contributed by atoms with Crippen molar-refractivity contribution < 1.29 is 8.42 Å². The summed E-state index contributed by atoms with van der Waals surface area (Å²) in [7, 11) is -3.07. The summed E-state index contributed by atoms with van der Waals surface area (Å²) in [5.74, 6) is 0.245. The summed E-state index contributed by atoms with van der Waals surface area (Å²) in [5, 5.41) is 1.17. The van der Waals surface area contributed by atoms with E-state index in [-0.39, 0.29) is 5.75 Å². The molecule has 0 fully saturated rings. The Kier molecular flexibility index (Phi) is 5.99. The van der Waals surface area contributed by atoms with Crippen LogP contribution in [0.5, 0.6) is 0 Å². The van der Waals surface area contributed by atoms with E-state index < -0.39 is 10.0 Å². The molecule has 0 saturated carbocycles. The number of sulfonamides is 1. The molecule has 0 radical (unpaired) electrons. The van der Waals surface area contributed by atoms with Gasteiger partial charge in [-0.25, -0.2) is 18.1 Å². The third kappa shape index (κ3) is 4.82. The molecule has 20 heavy (non-hydrogen) atoms. The molecule has 2 rings (SSSR count). The van der Waals surface area contributed by atoms with Gasteiger partial charge in [0.05, 0.1) is 16.5 Å². The van der Waals surface area contributed by atoms with Crippen LogP contribution < -0.4 is 4.72 Å². The Bertz CT molecular complexity index is 500. The molecule has 6 heteroatoms. The van der Waals surface area contributed by atoms with Gasteiger partial charge in [0, 0.05) is 17.8 Å². The lowest BCUT2D eigenvalue weighted by atomic mass is 10.0. The first-order chi connectivity index (χ1) is 9.61. The van der Waals surface area contributed by atoms with Crippen molar-refractivity contribution in [1.29, 1.82) is 0 Å². The van der Waals surface area contributed by atoms with Gasteiger partial charge in [-0.3, -0.25) is 0 Å². The van der Waals surface area contributed by atoms with Gasteiger partial charge in [-0.2, -0.15) is 0 Å². The second-order valence-electron chi connectivity index (χ2n) is 5.35. The summed E-state index contributed by atoms with van der Waals surface area (Å²) in [4.78, 5) is 6.13. The Morgan fingerprint density at radius 2 is 2.05 bits per heavy atom. The first kappa shape index (κ1) is 15.9. The number of hydrogen-bond acceptors (Lipinski definition) is 4. The maximum absolute atomic E-state index is 11.6. The first-order valence-corrected chi connectivity index (χ1v) is 10.0. The van der Waals surface area contributed by atoms with E-state index in [1.807, 2.05) is 18.3 Å². The average Bonchev–Trinajstić information content (AvgIpc) is 2.84. The highest BCUT2D eigenvalue weighted by atomic mass is 32.2. The fourth-order valence-electron chi connectivity index (χ4n) is 2.39. The van der Waals surface area contributed by atoms with Crippen molar-refractivity contribution in [3.63, 3.8) is 0 Å². The Labute approximate surface area is 126 Å². The molecule has 1 aromatic heterocycles. The van der Waals surface area contributed by atoms with Crippen LogP contribution in [0.3, 0.4) is 0 Å². The highest BCUT2D eigenvalue weighted by Gasteiger charge is 2.15. The molecule has 4 nitrogen and oxygen atoms in total. The Hall–Kier alpha value is -0.460. The van der Waals surface area contributed by atoms with E-state index in [2.05, 4.69) is 9.71 Å². The molecule has 0 aromatic carbocycles. The number of nitrogens with one attached hydrogen (secondary N) is 1. The molecule has 0 amide bonds. The molecule has 0 unspecified atom stereocenters. The third-order valence-corrected chi connectivity index (χ3v) is 6.23. The Morgan fingerprint density at radius 1 is 1.25 bits per heavy atom. The molecule has 1 aromatic rings. The molecule has 0 atom stereocenters. The van der Waals surface area contributed by atoms with Crippen LogP contribution in [0.4, 0.5) is 0 Å². The largest absolute Gasteiger partial charge is 0.246 e. The zero-order chi connectivity index (χ0) is 14.4. The van der Waals surface area contributed by atoms with Gasteiger partial charge < -0.3 is 0 Å². The van der Waals surface area contributed by atoms with Crippen LogP contribution in [0.1, 0.15) is 54.6 Å². The number of fused-ring (bicyclic) bond motifs is 1. The second-order valence-corrected chi connectivity index (χ2v) is 8.45. The van der Waals surface area contributed by atoms with Crippen LogP contribution in [0.2, 0.25) is 0 Å². The van der Waals surface area contributed by atoms with Crippen molar-refractivity contribution in [1.82, 2.24) is 9.71 Å². The first-order valence-electron chi connectivity index (χ1n) is 7.55. The quantitative estimate of drug-likeness (QED) is 0.750. The summed E-state index contributed by atoms with van der Waals surface area (Å²) < 4.78 is 25.9.